The lowest BCUT2D eigenvalue weighted by Crippen LogP contribution is -2.50. The summed E-state index contributed by atoms with van der Waals surface area (Å²) in [5.74, 6) is 0.842. The molecule has 2 aromatic carbocycles. The van der Waals surface area contributed by atoms with Crippen LogP contribution in [0, 0.1) is 11.3 Å². The van der Waals surface area contributed by atoms with Crippen LogP contribution in [0.25, 0.3) is 11.0 Å². The van der Waals surface area contributed by atoms with Crippen LogP contribution in [0.15, 0.2) is 42.5 Å². The van der Waals surface area contributed by atoms with E-state index < -0.39 is 5.54 Å². The molecule has 7 nitrogen and oxygen atoms in total. The summed E-state index contributed by atoms with van der Waals surface area (Å²) in [6.07, 6.45) is 2.08. The number of hydrogen-bond acceptors (Lipinski definition) is 5. The molecule has 30 heavy (non-hydrogen) atoms. The van der Waals surface area contributed by atoms with Crippen LogP contribution in [-0.2, 0) is 23.9 Å². The van der Waals surface area contributed by atoms with E-state index in [1.807, 2.05) is 46.8 Å². The van der Waals surface area contributed by atoms with Gasteiger partial charge in [-0.3, -0.25) is 4.79 Å². The highest BCUT2D eigenvalue weighted by atomic mass is 16.2. The number of fused-ring (bicyclic) bond motifs is 1. The number of nitrogens with one attached hydrogen (secondary N) is 1. The second-order valence-corrected chi connectivity index (χ2v) is 8.03. The topological polar surface area (TPSA) is 100.0 Å². The van der Waals surface area contributed by atoms with Crippen LogP contribution in [-0.4, -0.2) is 33.4 Å². The van der Waals surface area contributed by atoms with E-state index in [2.05, 4.69) is 11.4 Å². The molecule has 3 aromatic rings. The number of rotatable bonds is 5. The monoisotopic (exact) mass is 402 g/mol. The van der Waals surface area contributed by atoms with Gasteiger partial charge in [-0.15, -0.1) is 0 Å². The highest BCUT2D eigenvalue weighted by molar-refractivity contribution is 5.89. The normalized spacial score (nSPS) is 15.7. The fourth-order valence-corrected chi connectivity index (χ4v) is 3.95. The van der Waals surface area contributed by atoms with E-state index in [-0.39, 0.29) is 5.91 Å². The van der Waals surface area contributed by atoms with Crippen molar-refractivity contribution < 1.29 is 4.79 Å². The molecule has 0 radical (unpaired) electrons. The van der Waals surface area contributed by atoms with Crippen molar-refractivity contribution in [1.29, 1.82) is 5.26 Å². The molecule has 1 atom stereocenters. The first-order valence-electron chi connectivity index (χ1n) is 10.2. The molecule has 0 saturated carbocycles. The van der Waals surface area contributed by atoms with E-state index in [1.54, 1.807) is 19.1 Å². The molecule has 2 heterocycles. The van der Waals surface area contributed by atoms with Crippen LogP contribution in [0.3, 0.4) is 0 Å². The fraction of sp³-hybridized carbons (Fsp3) is 0.348. The number of aryl methyl sites for hydroxylation is 1. The summed E-state index contributed by atoms with van der Waals surface area (Å²) in [4.78, 5) is 19.5. The van der Waals surface area contributed by atoms with Gasteiger partial charge in [0.15, 0.2) is 0 Å². The third-order valence-electron chi connectivity index (χ3n) is 5.88. The minimum atomic E-state index is -1.07. The Hall–Kier alpha value is -3.37. The van der Waals surface area contributed by atoms with Crippen LogP contribution in [0.1, 0.15) is 36.7 Å². The molecule has 1 fully saturated rings. The zero-order valence-corrected chi connectivity index (χ0v) is 17.4. The zero-order chi connectivity index (χ0) is 21.3. The molecule has 7 heteroatoms. The SMILES string of the molecule is Cn1c(CNc2ccc(C#N)cc2)nc2cc([C@@](C)(N)C(=O)N3CCCC3)ccc21. The maximum atomic E-state index is 12.9. The van der Waals surface area contributed by atoms with E-state index in [9.17, 15) is 4.79 Å². The highest BCUT2D eigenvalue weighted by Gasteiger charge is 2.35. The lowest BCUT2D eigenvalue weighted by molar-refractivity contribution is -0.135. The number of benzene rings is 2. The molecular formula is C23H26N6O. The maximum absolute atomic E-state index is 12.9. The smallest absolute Gasteiger partial charge is 0.246 e. The summed E-state index contributed by atoms with van der Waals surface area (Å²) in [6.45, 7) is 3.88. The number of anilines is 1. The Balaban J connectivity index is 1.56. The van der Waals surface area contributed by atoms with Gasteiger partial charge >= 0.3 is 0 Å². The molecule has 154 valence electrons. The Kier molecular flexibility index (Phi) is 5.18. The highest BCUT2D eigenvalue weighted by Crippen LogP contribution is 2.27. The van der Waals surface area contributed by atoms with Gasteiger partial charge in [0.1, 0.15) is 11.4 Å². The zero-order valence-electron chi connectivity index (χ0n) is 17.4. The number of likely N-dealkylation sites (tertiary alicyclic amines) is 1. The van der Waals surface area contributed by atoms with Crippen molar-refractivity contribution in [2.75, 3.05) is 18.4 Å². The van der Waals surface area contributed by atoms with Crippen molar-refractivity contribution in [3.63, 3.8) is 0 Å². The number of carbonyl (C=O) groups excluding carboxylic acids is 1. The summed E-state index contributed by atoms with van der Waals surface area (Å²) in [6, 6.07) is 15.3. The standard InChI is InChI=1S/C23H26N6O/c1-23(25,22(30)29-11-3-4-12-29)17-7-10-20-19(13-17)27-21(28(20)2)15-26-18-8-5-16(14-24)6-9-18/h5-10,13,26H,3-4,11-12,15,25H2,1-2H3/t23-/m1/s1. The van der Waals surface area contributed by atoms with Crippen molar-refractivity contribution >= 4 is 22.6 Å². The van der Waals surface area contributed by atoms with Gasteiger partial charge in [-0.25, -0.2) is 4.98 Å². The number of nitriles is 1. The van der Waals surface area contributed by atoms with Crippen molar-refractivity contribution in [3.8, 4) is 6.07 Å². The number of nitrogens with two attached hydrogens (primary N) is 1. The first kappa shape index (κ1) is 19.9. The number of nitrogens with zero attached hydrogens (tertiary/aromatic N) is 4. The van der Waals surface area contributed by atoms with Crippen LogP contribution in [0.2, 0.25) is 0 Å². The van der Waals surface area contributed by atoms with Crippen molar-refractivity contribution in [3.05, 3.63) is 59.4 Å². The predicted molar refractivity (Wildman–Crippen MR) is 117 cm³/mol. The molecule has 1 saturated heterocycles. The lowest BCUT2D eigenvalue weighted by Gasteiger charge is -2.29. The van der Waals surface area contributed by atoms with Crippen LogP contribution < -0.4 is 11.1 Å². The van der Waals surface area contributed by atoms with E-state index in [0.717, 1.165) is 54.0 Å². The minimum Gasteiger partial charge on any atom is -0.378 e. The predicted octanol–water partition coefficient (Wildman–Crippen LogP) is 2.85. The van der Waals surface area contributed by atoms with Gasteiger partial charge in [0, 0.05) is 25.8 Å². The van der Waals surface area contributed by atoms with Crippen molar-refractivity contribution in [2.45, 2.75) is 31.8 Å². The van der Waals surface area contributed by atoms with Gasteiger partial charge < -0.3 is 20.5 Å². The van der Waals surface area contributed by atoms with E-state index >= 15 is 0 Å². The van der Waals surface area contributed by atoms with Crippen molar-refractivity contribution in [2.24, 2.45) is 12.8 Å². The summed E-state index contributed by atoms with van der Waals surface area (Å²) < 4.78 is 2.03. The van der Waals surface area contributed by atoms with Gasteiger partial charge in [-0.05, 0) is 61.7 Å². The molecule has 1 amide bonds. The van der Waals surface area contributed by atoms with Crippen molar-refractivity contribution in [1.82, 2.24) is 14.5 Å². The molecule has 3 N–H and O–H groups in total. The minimum absolute atomic E-state index is 0.0296. The third kappa shape index (κ3) is 3.62. The Morgan fingerprint density at radius 3 is 2.60 bits per heavy atom. The van der Waals surface area contributed by atoms with Gasteiger partial charge in [0.2, 0.25) is 5.91 Å². The number of imidazole rings is 1. The van der Waals surface area contributed by atoms with Gasteiger partial charge in [-0.1, -0.05) is 6.07 Å². The molecule has 1 aliphatic heterocycles. The molecule has 1 aromatic heterocycles. The Bertz CT molecular complexity index is 1120. The Morgan fingerprint density at radius 1 is 1.23 bits per heavy atom. The van der Waals surface area contributed by atoms with Gasteiger partial charge in [0.05, 0.1) is 29.2 Å². The summed E-state index contributed by atoms with van der Waals surface area (Å²) >= 11 is 0. The molecule has 0 aliphatic carbocycles. The first-order chi connectivity index (χ1) is 14.4. The van der Waals surface area contributed by atoms with E-state index in [1.165, 1.54) is 0 Å². The van der Waals surface area contributed by atoms with E-state index in [0.29, 0.717) is 12.1 Å². The second kappa shape index (κ2) is 7.81. The average molecular weight is 403 g/mol. The van der Waals surface area contributed by atoms with Crippen LogP contribution in [0.5, 0.6) is 0 Å². The van der Waals surface area contributed by atoms with Crippen LogP contribution in [0.4, 0.5) is 5.69 Å². The first-order valence-corrected chi connectivity index (χ1v) is 10.2. The second-order valence-electron chi connectivity index (χ2n) is 8.03. The Morgan fingerprint density at radius 2 is 1.93 bits per heavy atom. The number of aromatic nitrogens is 2. The summed E-state index contributed by atoms with van der Waals surface area (Å²) in [5, 5.41) is 12.2. The lowest BCUT2D eigenvalue weighted by atomic mass is 9.91. The quantitative estimate of drug-likeness (QED) is 0.684. The molecule has 1 aliphatic rings. The molecule has 0 spiro atoms. The van der Waals surface area contributed by atoms with E-state index in [4.69, 9.17) is 16.0 Å². The molecular weight excluding hydrogens is 376 g/mol. The maximum Gasteiger partial charge on any atom is 0.246 e. The fourth-order valence-electron chi connectivity index (χ4n) is 3.95. The Labute approximate surface area is 176 Å². The number of carbonyl (C=O) groups is 1. The van der Waals surface area contributed by atoms with Crippen LogP contribution >= 0.6 is 0 Å². The van der Waals surface area contributed by atoms with Gasteiger partial charge in [0.25, 0.3) is 0 Å². The number of hydrogen-bond donors (Lipinski definition) is 2. The molecule has 4 rings (SSSR count). The summed E-state index contributed by atoms with van der Waals surface area (Å²) in [7, 11) is 1.97. The molecule has 0 bridgehead atoms. The molecule has 0 unspecified atom stereocenters. The average Bonchev–Trinajstić information content (AvgIpc) is 3.40. The third-order valence-corrected chi connectivity index (χ3v) is 5.88. The van der Waals surface area contributed by atoms with Gasteiger partial charge in [-0.2, -0.15) is 5.26 Å². The summed E-state index contributed by atoms with van der Waals surface area (Å²) in [5.41, 5.74) is 9.55. The largest absolute Gasteiger partial charge is 0.378 e. The number of amides is 1.